The number of hydrogen-bond donors (Lipinski definition) is 0. The van der Waals surface area contributed by atoms with Crippen molar-refractivity contribution in [3.63, 3.8) is 0 Å². The van der Waals surface area contributed by atoms with Crippen molar-refractivity contribution in [1.29, 1.82) is 0 Å². The average molecular weight is 187 g/mol. The summed E-state index contributed by atoms with van der Waals surface area (Å²) in [7, 11) is 1.33. The second-order valence-electron chi connectivity index (χ2n) is 1.72. The Bertz CT molecular complexity index is 282. The van der Waals surface area contributed by atoms with Crippen molar-refractivity contribution in [2.24, 2.45) is 4.36 Å². The van der Waals surface area contributed by atoms with E-state index in [9.17, 15) is 4.79 Å². The molecule has 0 N–H and O–H groups in total. The summed E-state index contributed by atoms with van der Waals surface area (Å²) in [6, 6.07) is 1.64. The van der Waals surface area contributed by atoms with Crippen molar-refractivity contribution < 1.29 is 9.53 Å². The first-order valence-electron chi connectivity index (χ1n) is 2.78. The van der Waals surface area contributed by atoms with Crippen LogP contribution in [0.4, 0.5) is 5.00 Å². The molecule has 11 heavy (non-hydrogen) atoms. The Morgan fingerprint density at radius 2 is 2.55 bits per heavy atom. The molecule has 0 atom stereocenters. The lowest BCUT2D eigenvalue weighted by Crippen LogP contribution is -1.98. The Morgan fingerprint density at radius 1 is 1.82 bits per heavy atom. The van der Waals surface area contributed by atoms with Gasteiger partial charge in [-0.1, -0.05) is 0 Å². The third kappa shape index (κ3) is 1.61. The van der Waals surface area contributed by atoms with Gasteiger partial charge in [-0.2, -0.15) is 4.36 Å². The summed E-state index contributed by atoms with van der Waals surface area (Å²) >= 11 is 5.78. The van der Waals surface area contributed by atoms with E-state index in [1.807, 2.05) is 0 Å². The lowest BCUT2D eigenvalue weighted by atomic mass is 10.3. The molecule has 3 nitrogen and oxygen atoms in total. The van der Waals surface area contributed by atoms with Crippen LogP contribution in [0.25, 0.3) is 0 Å². The molecule has 0 aliphatic heterocycles. The highest BCUT2D eigenvalue weighted by Gasteiger charge is 2.11. The molecule has 1 aromatic heterocycles. The molecule has 1 aromatic rings. The maximum absolute atomic E-state index is 10.9. The van der Waals surface area contributed by atoms with Crippen LogP contribution in [0.5, 0.6) is 0 Å². The molecule has 0 bridgehead atoms. The van der Waals surface area contributed by atoms with E-state index in [2.05, 4.69) is 21.5 Å². The molecule has 0 amide bonds. The van der Waals surface area contributed by atoms with Crippen molar-refractivity contribution in [2.75, 3.05) is 7.11 Å². The number of rotatable bonds is 2. The molecule has 0 spiro atoms. The number of methoxy groups -OCH3 is 1. The number of nitrogens with zero attached hydrogens (tertiary/aromatic N) is 1. The van der Waals surface area contributed by atoms with Crippen LogP contribution in [0.15, 0.2) is 15.8 Å². The highest BCUT2D eigenvalue weighted by Crippen LogP contribution is 2.26. The van der Waals surface area contributed by atoms with Gasteiger partial charge in [-0.25, -0.2) is 4.79 Å². The molecule has 0 aromatic carbocycles. The van der Waals surface area contributed by atoms with Crippen LogP contribution in [0, 0.1) is 0 Å². The van der Waals surface area contributed by atoms with E-state index in [4.69, 9.17) is 0 Å². The molecule has 0 radical (unpaired) electrons. The summed E-state index contributed by atoms with van der Waals surface area (Å²) in [6.45, 7) is 0. The molecular formula is C6H5NO2S2. The standard InChI is InChI=1S/C6H5NO2S2/c1-9-6(8)4-2-3-11-5(4)7-10/h2-3H,1H3. The highest BCUT2D eigenvalue weighted by molar-refractivity contribution is 7.47. The monoisotopic (exact) mass is 187 g/mol. The third-order valence-corrected chi connectivity index (χ3v) is 2.24. The van der Waals surface area contributed by atoms with Crippen LogP contribution in [-0.2, 0) is 17.2 Å². The molecule has 0 aliphatic rings. The zero-order chi connectivity index (χ0) is 8.27. The Hall–Kier alpha value is -0.810. The van der Waals surface area contributed by atoms with Crippen LogP contribution in [0.3, 0.4) is 0 Å². The highest BCUT2D eigenvalue weighted by atomic mass is 32.1. The van der Waals surface area contributed by atoms with Gasteiger partial charge in [-0.05, 0) is 11.4 Å². The molecule has 0 aliphatic carbocycles. The van der Waals surface area contributed by atoms with Crippen LogP contribution in [0.1, 0.15) is 10.4 Å². The number of ether oxygens (including phenoxy) is 1. The predicted octanol–water partition coefficient (Wildman–Crippen LogP) is 1.90. The zero-order valence-electron chi connectivity index (χ0n) is 5.73. The van der Waals surface area contributed by atoms with Crippen molar-refractivity contribution in [3.8, 4) is 0 Å². The molecular weight excluding hydrogens is 182 g/mol. The Kier molecular flexibility index (Phi) is 2.67. The maximum Gasteiger partial charge on any atom is 0.340 e. The first-order valence-corrected chi connectivity index (χ1v) is 4.03. The summed E-state index contributed by atoms with van der Waals surface area (Å²) in [6.07, 6.45) is 0. The van der Waals surface area contributed by atoms with Gasteiger partial charge in [0.15, 0.2) is 0 Å². The number of hydrogen-bond acceptors (Lipinski definition) is 5. The molecule has 1 heterocycles. The molecule has 0 saturated carbocycles. The van der Waals surface area contributed by atoms with Crippen LogP contribution in [-0.4, -0.2) is 13.1 Å². The Morgan fingerprint density at radius 3 is 3.09 bits per heavy atom. The summed E-state index contributed by atoms with van der Waals surface area (Å²) < 4.78 is 8.00. The fraction of sp³-hybridized carbons (Fsp3) is 0.167. The predicted molar refractivity (Wildman–Crippen MR) is 45.1 cm³/mol. The van der Waals surface area contributed by atoms with Crippen molar-refractivity contribution >= 4 is 34.7 Å². The molecule has 0 saturated heterocycles. The van der Waals surface area contributed by atoms with Crippen molar-refractivity contribution in [2.45, 2.75) is 0 Å². The smallest absolute Gasteiger partial charge is 0.340 e. The fourth-order valence-corrected chi connectivity index (χ4v) is 1.52. The minimum Gasteiger partial charge on any atom is -0.465 e. The normalized spacial score (nSPS) is 9.18. The summed E-state index contributed by atoms with van der Waals surface area (Å²) in [5, 5.41) is 2.28. The van der Waals surface area contributed by atoms with Gasteiger partial charge in [-0.3, -0.25) is 0 Å². The van der Waals surface area contributed by atoms with E-state index in [1.54, 1.807) is 11.4 Å². The van der Waals surface area contributed by atoms with Gasteiger partial charge in [-0.15, -0.1) is 11.3 Å². The molecule has 1 rings (SSSR count). The van der Waals surface area contributed by atoms with E-state index >= 15 is 0 Å². The van der Waals surface area contributed by atoms with Crippen molar-refractivity contribution in [1.82, 2.24) is 0 Å². The van der Waals surface area contributed by atoms with Gasteiger partial charge < -0.3 is 4.74 Å². The fourth-order valence-electron chi connectivity index (χ4n) is 0.637. The summed E-state index contributed by atoms with van der Waals surface area (Å²) in [5.74, 6) is -0.394. The quantitative estimate of drug-likeness (QED) is 0.664. The first-order chi connectivity index (χ1) is 5.29. The van der Waals surface area contributed by atoms with Gasteiger partial charge in [0.2, 0.25) is 0 Å². The average Bonchev–Trinajstić information content (AvgIpc) is 2.50. The minimum atomic E-state index is -0.394. The molecule has 58 valence electrons. The zero-order valence-corrected chi connectivity index (χ0v) is 7.37. The second-order valence-corrected chi connectivity index (χ2v) is 2.80. The largest absolute Gasteiger partial charge is 0.465 e. The molecule has 0 fully saturated rings. The van der Waals surface area contributed by atoms with Gasteiger partial charge in [0, 0.05) is 12.4 Å². The van der Waals surface area contributed by atoms with E-state index in [0.717, 1.165) is 0 Å². The van der Waals surface area contributed by atoms with Gasteiger partial charge in [0.1, 0.15) is 5.00 Å². The number of thiophene rings is 1. The van der Waals surface area contributed by atoms with E-state index < -0.39 is 5.97 Å². The maximum atomic E-state index is 10.9. The third-order valence-electron chi connectivity index (χ3n) is 1.13. The van der Waals surface area contributed by atoms with E-state index in [0.29, 0.717) is 10.6 Å². The molecule has 5 heteroatoms. The summed E-state index contributed by atoms with van der Waals surface area (Å²) in [5.41, 5.74) is 0.438. The lowest BCUT2D eigenvalue weighted by molar-refractivity contribution is 0.0602. The Labute approximate surface area is 73.2 Å². The first kappa shape index (κ1) is 8.29. The Balaban J connectivity index is 3.01. The number of carbonyl (C=O) groups is 1. The van der Waals surface area contributed by atoms with Gasteiger partial charge in [0.25, 0.3) is 0 Å². The topological polar surface area (TPSA) is 38.7 Å². The minimum absolute atomic E-state index is 0.394. The molecule has 0 unspecified atom stereocenters. The van der Waals surface area contributed by atoms with Crippen LogP contribution < -0.4 is 0 Å². The van der Waals surface area contributed by atoms with Gasteiger partial charge >= 0.3 is 5.97 Å². The summed E-state index contributed by atoms with van der Waals surface area (Å²) in [4.78, 5) is 10.9. The van der Waals surface area contributed by atoms with E-state index in [1.165, 1.54) is 18.4 Å². The number of carbonyl (C=O) groups excluding carboxylic acids is 1. The second kappa shape index (κ2) is 3.54. The SMILES string of the molecule is COC(=O)c1ccsc1N=S. The van der Waals surface area contributed by atoms with Gasteiger partial charge in [0.05, 0.1) is 12.7 Å². The number of esters is 1. The van der Waals surface area contributed by atoms with E-state index in [-0.39, 0.29) is 0 Å². The lowest BCUT2D eigenvalue weighted by Gasteiger charge is -1.94. The van der Waals surface area contributed by atoms with Crippen LogP contribution >= 0.6 is 11.3 Å². The van der Waals surface area contributed by atoms with Crippen LogP contribution in [0.2, 0.25) is 0 Å². The van der Waals surface area contributed by atoms with Crippen molar-refractivity contribution in [3.05, 3.63) is 17.0 Å².